The van der Waals surface area contributed by atoms with Gasteiger partial charge in [0, 0.05) is 51.5 Å². The van der Waals surface area contributed by atoms with Crippen LogP contribution in [0.3, 0.4) is 0 Å². The van der Waals surface area contributed by atoms with Crippen LogP contribution in [0.25, 0.3) is 0 Å². The van der Waals surface area contributed by atoms with Crippen molar-refractivity contribution in [2.75, 3.05) is 77.1 Å². The molecule has 3 unspecified atom stereocenters. The molecule has 0 radical (unpaired) electrons. The molecule has 4 heterocycles. The summed E-state index contributed by atoms with van der Waals surface area (Å²) in [5.41, 5.74) is -1.51. The molecule has 2 bridgehead atoms. The maximum atomic E-state index is 14.6. The van der Waals surface area contributed by atoms with E-state index < -0.39 is 29.1 Å². The summed E-state index contributed by atoms with van der Waals surface area (Å²) in [6, 6.07) is 6.31. The minimum atomic E-state index is -1.20. The molecule has 1 N–H and O–H groups in total. The molecular formula is C34H48N4O7. The van der Waals surface area contributed by atoms with Crippen molar-refractivity contribution in [3.63, 3.8) is 0 Å². The lowest BCUT2D eigenvalue weighted by molar-refractivity contribution is -0.152. The normalized spacial score (nSPS) is 30.7. The highest BCUT2D eigenvalue weighted by Crippen LogP contribution is 2.65. The van der Waals surface area contributed by atoms with Crippen LogP contribution in [-0.4, -0.2) is 127 Å². The standard InChI is InChI=1S/C34H48N4O7/c1-6-13-36(16-15-35-18-21-43-22-19-35)32(42)29-34-23-24(4)33(5,45-34)27(28(34)31(41)38(29)17-20-39)30(40)37(14-7-2)25-9-11-26(12-10-25)44-8-3/h6-7,9-12,24,27-29,39H,1-2,8,13-23H2,3-5H3/t24?,27-,28-,29?,33+,34?/m0/s1. The van der Waals surface area contributed by atoms with Crippen LogP contribution in [-0.2, 0) is 23.9 Å². The molecule has 0 saturated carbocycles. The van der Waals surface area contributed by atoms with E-state index in [1.807, 2.05) is 45.0 Å². The van der Waals surface area contributed by atoms with Crippen molar-refractivity contribution < 1.29 is 33.7 Å². The summed E-state index contributed by atoms with van der Waals surface area (Å²) in [6.07, 6.45) is 3.80. The van der Waals surface area contributed by atoms with E-state index >= 15 is 0 Å². The van der Waals surface area contributed by atoms with Crippen LogP contribution in [0.5, 0.6) is 5.75 Å². The second kappa shape index (κ2) is 13.6. The van der Waals surface area contributed by atoms with Crippen LogP contribution >= 0.6 is 0 Å². The molecule has 45 heavy (non-hydrogen) atoms. The van der Waals surface area contributed by atoms with Gasteiger partial charge in [0.1, 0.15) is 17.4 Å². The van der Waals surface area contributed by atoms with E-state index in [1.54, 1.807) is 22.0 Å². The fourth-order valence-electron chi connectivity index (χ4n) is 7.96. The van der Waals surface area contributed by atoms with Crippen LogP contribution in [0.4, 0.5) is 5.69 Å². The monoisotopic (exact) mass is 624 g/mol. The number of aliphatic hydroxyl groups is 1. The first-order valence-corrected chi connectivity index (χ1v) is 16.1. The molecule has 4 aliphatic heterocycles. The van der Waals surface area contributed by atoms with Gasteiger partial charge in [-0.15, -0.1) is 13.2 Å². The van der Waals surface area contributed by atoms with Crippen molar-refractivity contribution in [3.05, 3.63) is 49.6 Å². The van der Waals surface area contributed by atoms with Crippen molar-refractivity contribution >= 4 is 23.4 Å². The molecular weight excluding hydrogens is 576 g/mol. The molecule has 11 nitrogen and oxygen atoms in total. The maximum Gasteiger partial charge on any atom is 0.248 e. The van der Waals surface area contributed by atoms with Gasteiger partial charge in [-0.2, -0.15) is 0 Å². The number of anilines is 1. The highest BCUT2D eigenvalue weighted by molar-refractivity contribution is 6.03. The Morgan fingerprint density at radius 1 is 1.11 bits per heavy atom. The third-order valence-electron chi connectivity index (χ3n) is 10.1. The van der Waals surface area contributed by atoms with E-state index in [0.717, 1.165) is 13.1 Å². The highest BCUT2D eigenvalue weighted by atomic mass is 16.5. The predicted molar refractivity (Wildman–Crippen MR) is 170 cm³/mol. The number of morpholine rings is 1. The maximum absolute atomic E-state index is 14.6. The summed E-state index contributed by atoms with van der Waals surface area (Å²) in [5.74, 6) is -1.93. The van der Waals surface area contributed by atoms with Crippen LogP contribution in [0, 0.1) is 17.8 Å². The largest absolute Gasteiger partial charge is 0.494 e. The van der Waals surface area contributed by atoms with Crippen LogP contribution in [0.2, 0.25) is 0 Å². The van der Waals surface area contributed by atoms with Crippen molar-refractivity contribution in [1.82, 2.24) is 14.7 Å². The topological polar surface area (TPSA) is 112 Å². The molecule has 4 fully saturated rings. The summed E-state index contributed by atoms with van der Waals surface area (Å²) in [6.45, 7) is 18.3. The number of amides is 3. The Morgan fingerprint density at radius 2 is 1.80 bits per heavy atom. The molecule has 246 valence electrons. The van der Waals surface area contributed by atoms with Gasteiger partial charge in [0.25, 0.3) is 0 Å². The van der Waals surface area contributed by atoms with Gasteiger partial charge in [-0.25, -0.2) is 0 Å². The van der Waals surface area contributed by atoms with Crippen LogP contribution in [0.1, 0.15) is 27.2 Å². The minimum Gasteiger partial charge on any atom is -0.494 e. The Kier molecular flexibility index (Phi) is 10.0. The number of likely N-dealkylation sites (tertiary alicyclic amines) is 1. The number of hydrogen-bond acceptors (Lipinski definition) is 8. The van der Waals surface area contributed by atoms with Gasteiger partial charge in [-0.3, -0.25) is 19.3 Å². The van der Waals surface area contributed by atoms with Gasteiger partial charge in [-0.05, 0) is 50.5 Å². The number of β-amino-alcohol motifs (C(OH)–C–C–N with tert-alkyl or cyclic N) is 1. The average Bonchev–Trinajstić information content (AvgIpc) is 3.55. The second-order valence-electron chi connectivity index (χ2n) is 12.7. The Labute approximate surface area is 266 Å². The zero-order valence-electron chi connectivity index (χ0n) is 26.9. The molecule has 0 aliphatic carbocycles. The zero-order valence-corrected chi connectivity index (χ0v) is 26.9. The number of fused-ring (bicyclic) bond motifs is 1. The minimum absolute atomic E-state index is 0.0243. The van der Waals surface area contributed by atoms with Gasteiger partial charge in [-0.1, -0.05) is 19.1 Å². The van der Waals surface area contributed by atoms with Gasteiger partial charge in [0.05, 0.1) is 43.9 Å². The van der Waals surface area contributed by atoms with E-state index in [1.165, 1.54) is 4.90 Å². The number of rotatable bonds is 14. The van der Waals surface area contributed by atoms with Crippen molar-refractivity contribution in [2.24, 2.45) is 17.8 Å². The summed E-state index contributed by atoms with van der Waals surface area (Å²) >= 11 is 0. The fourth-order valence-corrected chi connectivity index (χ4v) is 7.96. The third kappa shape index (κ3) is 5.80. The van der Waals surface area contributed by atoms with Crippen molar-refractivity contribution in [2.45, 2.75) is 44.4 Å². The lowest BCUT2D eigenvalue weighted by atomic mass is 9.62. The molecule has 1 aromatic carbocycles. The highest BCUT2D eigenvalue weighted by Gasteiger charge is 2.80. The predicted octanol–water partition coefficient (Wildman–Crippen LogP) is 1.95. The number of carbonyl (C=O) groups excluding carboxylic acids is 3. The second-order valence-corrected chi connectivity index (χ2v) is 12.7. The number of hydrogen-bond donors (Lipinski definition) is 1. The first-order valence-electron chi connectivity index (χ1n) is 16.1. The summed E-state index contributed by atoms with van der Waals surface area (Å²) in [4.78, 5) is 50.7. The summed E-state index contributed by atoms with van der Waals surface area (Å²) < 4.78 is 18.0. The first-order chi connectivity index (χ1) is 21.7. The Balaban J connectivity index is 1.49. The molecule has 3 amide bonds. The molecule has 11 heteroatoms. The van der Waals surface area contributed by atoms with E-state index in [4.69, 9.17) is 14.2 Å². The van der Waals surface area contributed by atoms with Crippen molar-refractivity contribution in [3.8, 4) is 5.75 Å². The lowest BCUT2D eigenvalue weighted by Crippen LogP contribution is -2.58. The van der Waals surface area contributed by atoms with Crippen molar-refractivity contribution in [1.29, 1.82) is 0 Å². The van der Waals surface area contributed by atoms with Gasteiger partial charge < -0.3 is 34.0 Å². The Bertz CT molecular complexity index is 1270. The quantitative estimate of drug-likeness (QED) is 0.313. The van der Waals surface area contributed by atoms with Crippen LogP contribution in [0.15, 0.2) is 49.6 Å². The summed E-state index contributed by atoms with van der Waals surface area (Å²) in [7, 11) is 0. The first kappa shape index (κ1) is 33.1. The van der Waals surface area contributed by atoms with Gasteiger partial charge in [0.2, 0.25) is 17.7 Å². The van der Waals surface area contributed by atoms with E-state index in [-0.39, 0.29) is 43.3 Å². The number of nitrogens with zero attached hydrogens (tertiary/aromatic N) is 4. The smallest absolute Gasteiger partial charge is 0.248 e. The number of aliphatic hydroxyl groups excluding tert-OH is 1. The average molecular weight is 625 g/mol. The molecule has 4 aliphatic rings. The van der Waals surface area contributed by atoms with E-state index in [0.29, 0.717) is 57.3 Å². The SMILES string of the molecule is C=CCN(CCN1CCOCC1)C(=O)C1N(CCO)C(=O)[C@@H]2[C@@H](C(=O)N(CC=C)c3ccc(OCC)cc3)[C@]3(C)OC12CC3C. The molecule has 1 aromatic rings. The zero-order chi connectivity index (χ0) is 32.4. The van der Waals surface area contributed by atoms with Gasteiger partial charge >= 0.3 is 0 Å². The molecule has 0 aromatic heterocycles. The molecule has 6 atom stereocenters. The number of ether oxygens (including phenoxy) is 3. The lowest BCUT2D eigenvalue weighted by Gasteiger charge is -2.39. The molecule has 5 rings (SSSR count). The Morgan fingerprint density at radius 3 is 2.42 bits per heavy atom. The molecule has 1 spiro atoms. The third-order valence-corrected chi connectivity index (χ3v) is 10.1. The Hall–Kier alpha value is -3.25. The fraction of sp³-hybridized carbons (Fsp3) is 0.618. The molecule has 4 saturated heterocycles. The number of benzene rings is 1. The van der Waals surface area contributed by atoms with E-state index in [2.05, 4.69) is 18.1 Å². The number of carbonyl (C=O) groups is 3. The van der Waals surface area contributed by atoms with Gasteiger partial charge in [0.15, 0.2) is 0 Å². The van der Waals surface area contributed by atoms with E-state index in [9.17, 15) is 19.5 Å². The van der Waals surface area contributed by atoms with Crippen LogP contribution < -0.4 is 9.64 Å². The summed E-state index contributed by atoms with van der Waals surface area (Å²) in [5, 5.41) is 10.0.